The summed E-state index contributed by atoms with van der Waals surface area (Å²) in [4.78, 5) is 28.9. The molecular weight excluding hydrogens is 313 g/mol. The van der Waals surface area contributed by atoms with E-state index in [9.17, 15) is 18.0 Å². The highest BCUT2D eigenvalue weighted by Gasteiger charge is 2.33. The molecule has 0 atom stereocenters. The maximum absolute atomic E-state index is 12.7. The van der Waals surface area contributed by atoms with Gasteiger partial charge in [-0.15, -0.1) is 0 Å². The van der Waals surface area contributed by atoms with Crippen molar-refractivity contribution in [2.45, 2.75) is 6.18 Å². The van der Waals surface area contributed by atoms with Gasteiger partial charge in [0.05, 0.1) is 6.33 Å². The summed E-state index contributed by atoms with van der Waals surface area (Å²) < 4.78 is 38.1. The van der Waals surface area contributed by atoms with Gasteiger partial charge in [0.1, 0.15) is 11.5 Å². The molecule has 1 fully saturated rings. The molecule has 10 heteroatoms. The molecule has 1 N–H and O–H groups in total. The van der Waals surface area contributed by atoms with Crippen LogP contribution in [0.4, 0.5) is 24.9 Å². The third kappa shape index (κ3) is 3.41. The summed E-state index contributed by atoms with van der Waals surface area (Å²) in [7, 11) is 0. The van der Waals surface area contributed by atoms with Crippen molar-refractivity contribution in [3.8, 4) is 0 Å². The Morgan fingerprint density at radius 3 is 2.43 bits per heavy atom. The second kappa shape index (κ2) is 5.86. The third-order valence-corrected chi connectivity index (χ3v) is 3.48. The van der Waals surface area contributed by atoms with E-state index in [1.54, 1.807) is 4.90 Å². The number of aromatic nitrogens is 4. The number of aromatic amines is 1. The Bertz CT molecular complexity index is 739. The summed E-state index contributed by atoms with van der Waals surface area (Å²) in [5.74, 6) is 0.594. The molecular formula is C13H13F3N6O. The van der Waals surface area contributed by atoms with E-state index in [0.717, 1.165) is 12.3 Å². The first-order valence-electron chi connectivity index (χ1n) is 6.88. The number of anilines is 2. The number of H-pyrrole nitrogens is 1. The Morgan fingerprint density at radius 2 is 1.78 bits per heavy atom. The van der Waals surface area contributed by atoms with Crippen molar-refractivity contribution < 1.29 is 13.2 Å². The van der Waals surface area contributed by atoms with Crippen LogP contribution in [0.15, 0.2) is 29.5 Å². The van der Waals surface area contributed by atoms with Crippen LogP contribution in [0.1, 0.15) is 5.69 Å². The summed E-state index contributed by atoms with van der Waals surface area (Å²) in [5, 5.41) is 0. The number of piperazine rings is 1. The molecule has 2 aromatic heterocycles. The molecule has 0 unspecified atom stereocenters. The first-order valence-corrected chi connectivity index (χ1v) is 6.88. The average Bonchev–Trinajstić information content (AvgIpc) is 2.54. The summed E-state index contributed by atoms with van der Waals surface area (Å²) in [5.41, 5.74) is -1.21. The van der Waals surface area contributed by atoms with Gasteiger partial charge in [0.2, 0.25) is 5.95 Å². The van der Waals surface area contributed by atoms with Crippen LogP contribution in [0, 0.1) is 0 Å². The van der Waals surface area contributed by atoms with E-state index in [-0.39, 0.29) is 11.5 Å². The second-order valence-electron chi connectivity index (χ2n) is 4.98. The van der Waals surface area contributed by atoms with Crippen LogP contribution < -0.4 is 15.4 Å². The maximum Gasteiger partial charge on any atom is 0.433 e. The van der Waals surface area contributed by atoms with Gasteiger partial charge in [-0.3, -0.25) is 4.79 Å². The number of rotatable bonds is 2. The van der Waals surface area contributed by atoms with Crippen LogP contribution in [-0.4, -0.2) is 46.1 Å². The van der Waals surface area contributed by atoms with Crippen LogP contribution in [0.5, 0.6) is 0 Å². The van der Waals surface area contributed by atoms with Gasteiger partial charge in [0.15, 0.2) is 0 Å². The Balaban J connectivity index is 1.71. The highest BCUT2D eigenvalue weighted by atomic mass is 19.4. The van der Waals surface area contributed by atoms with E-state index in [1.807, 2.05) is 4.90 Å². The molecule has 1 aliphatic heterocycles. The SMILES string of the molecule is O=c1cc(N2CCN(c3nccc(C(F)(F)F)n3)CC2)nc[nH]1. The van der Waals surface area contributed by atoms with E-state index in [1.165, 1.54) is 12.4 Å². The van der Waals surface area contributed by atoms with Crippen molar-refractivity contribution in [1.29, 1.82) is 0 Å². The number of alkyl halides is 3. The van der Waals surface area contributed by atoms with Crippen molar-refractivity contribution >= 4 is 11.8 Å². The minimum Gasteiger partial charge on any atom is -0.353 e. The number of hydrogen-bond donors (Lipinski definition) is 1. The number of nitrogens with zero attached hydrogens (tertiary/aromatic N) is 5. The van der Waals surface area contributed by atoms with Crippen molar-refractivity contribution in [2.75, 3.05) is 36.0 Å². The van der Waals surface area contributed by atoms with Crippen molar-refractivity contribution in [3.63, 3.8) is 0 Å². The molecule has 1 aliphatic rings. The largest absolute Gasteiger partial charge is 0.433 e. The number of halogens is 3. The monoisotopic (exact) mass is 326 g/mol. The van der Waals surface area contributed by atoms with Crippen molar-refractivity contribution in [3.05, 3.63) is 40.7 Å². The van der Waals surface area contributed by atoms with E-state index in [0.29, 0.717) is 32.0 Å². The van der Waals surface area contributed by atoms with Crippen LogP contribution in [0.3, 0.4) is 0 Å². The normalized spacial score (nSPS) is 15.8. The Hall–Kier alpha value is -2.65. The standard InChI is InChI=1S/C13H13F3N6O/c14-13(15,16)9-1-2-17-12(20-9)22-5-3-21(4-6-22)10-7-11(23)19-8-18-10/h1-2,7-8H,3-6H2,(H,18,19,23). The van der Waals surface area contributed by atoms with Crippen LogP contribution in [-0.2, 0) is 6.18 Å². The van der Waals surface area contributed by atoms with Crippen molar-refractivity contribution in [2.24, 2.45) is 0 Å². The first-order chi connectivity index (χ1) is 10.9. The zero-order valence-electron chi connectivity index (χ0n) is 11.9. The summed E-state index contributed by atoms with van der Waals surface area (Å²) in [6.07, 6.45) is -2.07. The molecule has 3 heterocycles. The van der Waals surface area contributed by atoms with Gasteiger partial charge >= 0.3 is 6.18 Å². The number of nitrogens with one attached hydrogen (secondary N) is 1. The lowest BCUT2D eigenvalue weighted by molar-refractivity contribution is -0.141. The summed E-state index contributed by atoms with van der Waals surface area (Å²) >= 11 is 0. The fourth-order valence-corrected chi connectivity index (χ4v) is 2.33. The molecule has 2 aromatic rings. The molecule has 23 heavy (non-hydrogen) atoms. The minimum atomic E-state index is -4.49. The van der Waals surface area contributed by atoms with Crippen LogP contribution in [0.2, 0.25) is 0 Å². The van der Waals surface area contributed by atoms with E-state index >= 15 is 0 Å². The Labute approximate surface area is 128 Å². The van der Waals surface area contributed by atoms with Crippen molar-refractivity contribution in [1.82, 2.24) is 19.9 Å². The first kappa shape index (κ1) is 15.3. The molecule has 122 valence electrons. The van der Waals surface area contributed by atoms with Gasteiger partial charge < -0.3 is 14.8 Å². The predicted octanol–water partition coefficient (Wildman–Crippen LogP) is 0.905. The second-order valence-corrected chi connectivity index (χ2v) is 4.98. The molecule has 0 amide bonds. The molecule has 0 aliphatic carbocycles. The Kier molecular flexibility index (Phi) is 3.89. The molecule has 0 aromatic carbocycles. The third-order valence-electron chi connectivity index (χ3n) is 3.48. The summed E-state index contributed by atoms with van der Waals surface area (Å²) in [6, 6.07) is 2.23. The smallest absolute Gasteiger partial charge is 0.353 e. The predicted molar refractivity (Wildman–Crippen MR) is 76.3 cm³/mol. The fourth-order valence-electron chi connectivity index (χ4n) is 2.33. The lowest BCUT2D eigenvalue weighted by Crippen LogP contribution is -2.47. The van der Waals surface area contributed by atoms with Crippen LogP contribution >= 0.6 is 0 Å². The van der Waals surface area contributed by atoms with Gasteiger partial charge in [-0.05, 0) is 6.07 Å². The zero-order valence-corrected chi connectivity index (χ0v) is 11.9. The topological polar surface area (TPSA) is 78.0 Å². The molecule has 7 nitrogen and oxygen atoms in total. The van der Waals surface area contributed by atoms with Gasteiger partial charge in [-0.1, -0.05) is 0 Å². The summed E-state index contributed by atoms with van der Waals surface area (Å²) in [6.45, 7) is 1.90. The fraction of sp³-hybridized carbons (Fsp3) is 0.385. The molecule has 0 bridgehead atoms. The maximum atomic E-state index is 12.7. The van der Waals surface area contributed by atoms with Gasteiger partial charge in [0.25, 0.3) is 5.56 Å². The van der Waals surface area contributed by atoms with Gasteiger partial charge in [-0.25, -0.2) is 15.0 Å². The molecule has 0 radical (unpaired) electrons. The minimum absolute atomic E-state index is 0.0540. The highest BCUT2D eigenvalue weighted by Crippen LogP contribution is 2.28. The Morgan fingerprint density at radius 1 is 1.09 bits per heavy atom. The number of hydrogen-bond acceptors (Lipinski definition) is 6. The molecule has 3 rings (SSSR count). The lowest BCUT2D eigenvalue weighted by atomic mass is 10.3. The van der Waals surface area contributed by atoms with E-state index < -0.39 is 11.9 Å². The van der Waals surface area contributed by atoms with Gasteiger partial charge in [-0.2, -0.15) is 13.2 Å². The van der Waals surface area contributed by atoms with E-state index in [4.69, 9.17) is 0 Å². The zero-order chi connectivity index (χ0) is 16.4. The quantitative estimate of drug-likeness (QED) is 0.884. The van der Waals surface area contributed by atoms with Crippen LogP contribution in [0.25, 0.3) is 0 Å². The highest BCUT2D eigenvalue weighted by molar-refractivity contribution is 5.41. The molecule has 1 saturated heterocycles. The molecule has 0 spiro atoms. The van der Waals surface area contributed by atoms with Gasteiger partial charge in [0, 0.05) is 38.4 Å². The average molecular weight is 326 g/mol. The lowest BCUT2D eigenvalue weighted by Gasteiger charge is -2.35. The molecule has 0 saturated carbocycles. The van der Waals surface area contributed by atoms with E-state index in [2.05, 4.69) is 19.9 Å².